The monoisotopic (exact) mass is 164 g/mol. The summed E-state index contributed by atoms with van der Waals surface area (Å²) in [5.41, 5.74) is 0. The van der Waals surface area contributed by atoms with E-state index in [0.29, 0.717) is 0 Å². The smallest absolute Gasteiger partial charge is 0.367 e. The molecule has 0 saturated carbocycles. The van der Waals surface area contributed by atoms with Gasteiger partial charge in [0.1, 0.15) is 0 Å². The molecule has 0 spiro atoms. The summed E-state index contributed by atoms with van der Waals surface area (Å²) < 4.78 is 13.9. The summed E-state index contributed by atoms with van der Waals surface area (Å²) in [4.78, 5) is 18.5. The Morgan fingerprint density at radius 1 is 1.80 bits per heavy atom. The molecule has 0 amide bonds. The van der Waals surface area contributed by atoms with Crippen LogP contribution in [-0.2, 0) is 13.9 Å². The van der Waals surface area contributed by atoms with Crippen molar-refractivity contribution in [1.82, 2.24) is 0 Å². The van der Waals surface area contributed by atoms with Crippen LogP contribution in [0.2, 0.25) is 0 Å². The fourth-order valence-corrected chi connectivity index (χ4v) is 0.631. The van der Waals surface area contributed by atoms with Crippen molar-refractivity contribution in [2.24, 2.45) is 0 Å². The molecule has 1 unspecified atom stereocenters. The van der Waals surface area contributed by atoms with Crippen LogP contribution in [0.1, 0.15) is 13.3 Å². The van der Waals surface area contributed by atoms with Gasteiger partial charge in [0.25, 0.3) is 0 Å². The summed E-state index contributed by atoms with van der Waals surface area (Å²) in [7, 11) is -3.10. The van der Waals surface area contributed by atoms with Crippen LogP contribution in [0.3, 0.4) is 0 Å². The molecule has 0 saturated heterocycles. The predicted octanol–water partition coefficient (Wildman–Crippen LogP) is 0.878. The van der Waals surface area contributed by atoms with Gasteiger partial charge in [0.05, 0.1) is 6.42 Å². The SMILES string of the molecule is C/C=C/CC(=O)O[PH](=O)O. The zero-order valence-corrected chi connectivity index (χ0v) is 6.53. The van der Waals surface area contributed by atoms with Crippen LogP contribution in [0.5, 0.6) is 0 Å². The highest BCUT2D eigenvalue weighted by Crippen LogP contribution is 2.15. The van der Waals surface area contributed by atoms with Crippen molar-refractivity contribution in [3.05, 3.63) is 12.2 Å². The van der Waals surface area contributed by atoms with E-state index in [1.807, 2.05) is 0 Å². The lowest BCUT2D eigenvalue weighted by Crippen LogP contribution is -1.94. The molecule has 0 heterocycles. The Kier molecular flexibility index (Phi) is 4.89. The maximum Gasteiger partial charge on any atom is 0.367 e. The molecular formula is C5H9O4P. The number of allylic oxidation sites excluding steroid dienone is 1. The standard InChI is InChI=1S/C5H9O4P/c1-2-3-4-5(6)9-10(7)8/h2-3,10H,4H2,1H3,(H,7,8)/b3-2+. The molecule has 1 N–H and O–H groups in total. The van der Waals surface area contributed by atoms with E-state index >= 15 is 0 Å². The molecule has 0 bridgehead atoms. The van der Waals surface area contributed by atoms with Gasteiger partial charge >= 0.3 is 14.2 Å². The summed E-state index contributed by atoms with van der Waals surface area (Å²) in [6.45, 7) is 1.75. The van der Waals surface area contributed by atoms with Crippen LogP contribution in [0, 0.1) is 0 Å². The topological polar surface area (TPSA) is 63.6 Å². The van der Waals surface area contributed by atoms with Gasteiger partial charge in [-0.15, -0.1) is 0 Å². The Hall–Kier alpha value is -0.600. The van der Waals surface area contributed by atoms with Crippen molar-refractivity contribution >= 4 is 14.2 Å². The van der Waals surface area contributed by atoms with Gasteiger partial charge in [-0.3, -0.25) is 4.79 Å². The fraction of sp³-hybridized carbons (Fsp3) is 0.400. The molecule has 0 aromatic rings. The second-order valence-electron chi connectivity index (χ2n) is 1.51. The molecule has 1 atom stereocenters. The first-order valence-corrected chi connectivity index (χ1v) is 3.98. The van der Waals surface area contributed by atoms with E-state index in [-0.39, 0.29) is 6.42 Å². The number of hydrogen-bond acceptors (Lipinski definition) is 3. The Morgan fingerprint density at radius 3 is 2.80 bits per heavy atom. The normalized spacial score (nSPS) is 13.4. The minimum atomic E-state index is -3.10. The fourth-order valence-electron chi connectivity index (χ4n) is 0.353. The maximum absolute atomic E-state index is 10.4. The third-order valence-corrected chi connectivity index (χ3v) is 1.12. The summed E-state index contributed by atoms with van der Waals surface area (Å²) in [6.07, 6.45) is 3.26. The second-order valence-corrected chi connectivity index (χ2v) is 2.25. The lowest BCUT2D eigenvalue weighted by Gasteiger charge is -1.94. The minimum Gasteiger partial charge on any atom is -0.393 e. The summed E-state index contributed by atoms with van der Waals surface area (Å²) in [6, 6.07) is 0. The highest BCUT2D eigenvalue weighted by atomic mass is 31.1. The molecule has 0 fully saturated rings. The third-order valence-electron chi connectivity index (χ3n) is 0.721. The van der Waals surface area contributed by atoms with Crippen LogP contribution in [0.25, 0.3) is 0 Å². The van der Waals surface area contributed by atoms with E-state index in [9.17, 15) is 9.36 Å². The van der Waals surface area contributed by atoms with Crippen LogP contribution in [0.4, 0.5) is 0 Å². The zero-order chi connectivity index (χ0) is 7.98. The second kappa shape index (κ2) is 5.21. The molecule has 0 aromatic carbocycles. The van der Waals surface area contributed by atoms with Crippen molar-refractivity contribution in [2.45, 2.75) is 13.3 Å². The van der Waals surface area contributed by atoms with E-state index in [4.69, 9.17) is 4.89 Å². The largest absolute Gasteiger partial charge is 0.393 e. The number of carbonyl (C=O) groups is 1. The summed E-state index contributed by atoms with van der Waals surface area (Å²) >= 11 is 0. The van der Waals surface area contributed by atoms with Crippen LogP contribution in [0.15, 0.2) is 12.2 Å². The third kappa shape index (κ3) is 5.54. The first-order valence-electron chi connectivity index (χ1n) is 2.71. The molecule has 0 aliphatic heterocycles. The van der Waals surface area contributed by atoms with Gasteiger partial charge in [0, 0.05) is 0 Å². The first kappa shape index (κ1) is 9.40. The Balaban J connectivity index is 3.54. The van der Waals surface area contributed by atoms with Crippen molar-refractivity contribution < 1.29 is 18.8 Å². The summed E-state index contributed by atoms with van der Waals surface area (Å²) in [5, 5.41) is 0. The highest BCUT2D eigenvalue weighted by molar-refractivity contribution is 7.32. The van der Waals surface area contributed by atoms with Gasteiger partial charge in [-0.2, -0.15) is 0 Å². The summed E-state index contributed by atoms with van der Waals surface area (Å²) in [5.74, 6) is -0.676. The number of carbonyl (C=O) groups excluding carboxylic acids is 1. The van der Waals surface area contributed by atoms with Crippen LogP contribution >= 0.6 is 8.25 Å². The van der Waals surface area contributed by atoms with Gasteiger partial charge in [-0.05, 0) is 6.92 Å². The molecule has 0 rings (SSSR count). The molecule has 0 aromatic heterocycles. The van der Waals surface area contributed by atoms with Gasteiger partial charge in [0.15, 0.2) is 0 Å². The average Bonchev–Trinajstić information content (AvgIpc) is 1.82. The molecule has 0 aliphatic rings. The molecule has 58 valence electrons. The lowest BCUT2D eigenvalue weighted by atomic mass is 10.4. The molecule has 5 heteroatoms. The first-order chi connectivity index (χ1) is 4.66. The minimum absolute atomic E-state index is 0.0491. The van der Waals surface area contributed by atoms with Gasteiger partial charge in [0.2, 0.25) is 0 Å². The Bertz CT molecular complexity index is 163. The van der Waals surface area contributed by atoms with E-state index in [2.05, 4.69) is 4.52 Å². The van der Waals surface area contributed by atoms with Crippen molar-refractivity contribution in [3.8, 4) is 0 Å². The molecule has 4 nitrogen and oxygen atoms in total. The lowest BCUT2D eigenvalue weighted by molar-refractivity contribution is -0.133. The van der Waals surface area contributed by atoms with Crippen LogP contribution < -0.4 is 0 Å². The van der Waals surface area contributed by atoms with E-state index in [1.165, 1.54) is 0 Å². The highest BCUT2D eigenvalue weighted by Gasteiger charge is 2.00. The Morgan fingerprint density at radius 2 is 2.40 bits per heavy atom. The van der Waals surface area contributed by atoms with Crippen molar-refractivity contribution in [1.29, 1.82) is 0 Å². The van der Waals surface area contributed by atoms with Crippen molar-refractivity contribution in [3.63, 3.8) is 0 Å². The van der Waals surface area contributed by atoms with Gasteiger partial charge < -0.3 is 9.42 Å². The maximum atomic E-state index is 10.4. The molecule has 0 radical (unpaired) electrons. The number of rotatable bonds is 3. The Labute approximate surface area is 59.5 Å². The predicted molar refractivity (Wildman–Crippen MR) is 36.7 cm³/mol. The van der Waals surface area contributed by atoms with Crippen LogP contribution in [-0.4, -0.2) is 10.9 Å². The average molecular weight is 164 g/mol. The van der Waals surface area contributed by atoms with Gasteiger partial charge in [-0.25, -0.2) is 4.57 Å². The van der Waals surface area contributed by atoms with Crippen molar-refractivity contribution in [2.75, 3.05) is 0 Å². The quantitative estimate of drug-likeness (QED) is 0.496. The molecular weight excluding hydrogens is 155 g/mol. The van der Waals surface area contributed by atoms with E-state index in [1.54, 1.807) is 19.1 Å². The van der Waals surface area contributed by atoms with Gasteiger partial charge in [-0.1, -0.05) is 12.2 Å². The van der Waals surface area contributed by atoms with E-state index in [0.717, 1.165) is 0 Å². The number of hydrogen-bond donors (Lipinski definition) is 1. The molecule has 0 aliphatic carbocycles. The molecule has 10 heavy (non-hydrogen) atoms. The zero-order valence-electron chi connectivity index (χ0n) is 5.53. The van der Waals surface area contributed by atoms with E-state index < -0.39 is 14.2 Å².